The molecule has 0 spiro atoms. The van der Waals surface area contributed by atoms with Crippen LogP contribution in [0.1, 0.15) is 12.1 Å². The molecule has 6 nitrogen and oxygen atoms in total. The number of anilines is 2. The van der Waals surface area contributed by atoms with Gasteiger partial charge in [0.15, 0.2) is 5.13 Å². The van der Waals surface area contributed by atoms with Crippen molar-refractivity contribution < 1.29 is 9.53 Å². The standard InChI is InChI=1S/C11H14N4O2S/c1-15-9(5-6-12-15)14-11-13-8(7-18-11)3-4-10(16)17-2/h5-7H,3-4H2,1-2H3,(H,13,14). The highest BCUT2D eigenvalue weighted by atomic mass is 32.1. The van der Waals surface area contributed by atoms with Crippen LogP contribution in [0, 0.1) is 0 Å². The number of hydrogen-bond donors (Lipinski definition) is 1. The largest absolute Gasteiger partial charge is 0.469 e. The Labute approximate surface area is 109 Å². The molecule has 0 aromatic carbocycles. The lowest BCUT2D eigenvalue weighted by atomic mass is 10.2. The lowest BCUT2D eigenvalue weighted by molar-refractivity contribution is -0.140. The number of carbonyl (C=O) groups is 1. The molecule has 0 aliphatic carbocycles. The number of methoxy groups -OCH3 is 1. The Bertz CT molecular complexity index is 535. The zero-order valence-corrected chi connectivity index (χ0v) is 11.0. The third-order valence-electron chi connectivity index (χ3n) is 2.42. The molecule has 2 rings (SSSR count). The number of aryl methyl sites for hydroxylation is 2. The fourth-order valence-corrected chi connectivity index (χ4v) is 2.17. The van der Waals surface area contributed by atoms with Gasteiger partial charge in [-0.1, -0.05) is 0 Å². The van der Waals surface area contributed by atoms with Crippen LogP contribution in [0.3, 0.4) is 0 Å². The molecule has 96 valence electrons. The predicted octanol–water partition coefficient (Wildman–Crippen LogP) is 1.73. The van der Waals surface area contributed by atoms with Gasteiger partial charge in [-0.2, -0.15) is 5.10 Å². The quantitative estimate of drug-likeness (QED) is 0.835. The molecule has 18 heavy (non-hydrogen) atoms. The van der Waals surface area contributed by atoms with Crippen LogP contribution in [0.4, 0.5) is 10.9 Å². The van der Waals surface area contributed by atoms with Crippen molar-refractivity contribution >= 4 is 28.3 Å². The summed E-state index contributed by atoms with van der Waals surface area (Å²) in [6.07, 6.45) is 2.66. The van der Waals surface area contributed by atoms with E-state index in [2.05, 4.69) is 20.1 Å². The molecule has 2 aromatic rings. The molecule has 0 amide bonds. The van der Waals surface area contributed by atoms with Crippen molar-refractivity contribution in [2.45, 2.75) is 12.8 Å². The Morgan fingerprint density at radius 2 is 2.44 bits per heavy atom. The average Bonchev–Trinajstić information content (AvgIpc) is 2.97. The number of nitrogens with one attached hydrogen (secondary N) is 1. The zero-order chi connectivity index (χ0) is 13.0. The Morgan fingerprint density at radius 3 is 3.11 bits per heavy atom. The van der Waals surface area contributed by atoms with Crippen LogP contribution in [-0.2, 0) is 23.0 Å². The topological polar surface area (TPSA) is 69.0 Å². The molecule has 0 aliphatic heterocycles. The second kappa shape index (κ2) is 5.63. The minimum atomic E-state index is -0.218. The minimum absolute atomic E-state index is 0.218. The lowest BCUT2D eigenvalue weighted by Gasteiger charge is -2.01. The van der Waals surface area contributed by atoms with Gasteiger partial charge in [-0.25, -0.2) is 4.98 Å². The highest BCUT2D eigenvalue weighted by Crippen LogP contribution is 2.20. The van der Waals surface area contributed by atoms with E-state index >= 15 is 0 Å². The summed E-state index contributed by atoms with van der Waals surface area (Å²) in [5, 5.41) is 9.95. The maximum absolute atomic E-state index is 11.0. The molecule has 1 N–H and O–H groups in total. The van der Waals surface area contributed by atoms with Crippen LogP contribution in [0.2, 0.25) is 0 Å². The van der Waals surface area contributed by atoms with Crippen molar-refractivity contribution in [3.05, 3.63) is 23.3 Å². The van der Waals surface area contributed by atoms with Crippen LogP contribution in [-0.4, -0.2) is 27.8 Å². The molecule has 0 unspecified atom stereocenters. The monoisotopic (exact) mass is 266 g/mol. The third-order valence-corrected chi connectivity index (χ3v) is 3.23. The van der Waals surface area contributed by atoms with Crippen molar-refractivity contribution in [2.24, 2.45) is 7.05 Å². The van der Waals surface area contributed by atoms with Gasteiger partial charge in [0.1, 0.15) is 5.82 Å². The number of carbonyl (C=O) groups excluding carboxylic acids is 1. The second-order valence-corrected chi connectivity index (χ2v) is 4.54. The highest BCUT2D eigenvalue weighted by molar-refractivity contribution is 7.13. The second-order valence-electron chi connectivity index (χ2n) is 3.69. The Kier molecular flexibility index (Phi) is 3.93. The number of hydrogen-bond acceptors (Lipinski definition) is 6. The van der Waals surface area contributed by atoms with E-state index in [1.807, 2.05) is 18.5 Å². The van der Waals surface area contributed by atoms with E-state index in [0.717, 1.165) is 16.6 Å². The van der Waals surface area contributed by atoms with Crippen LogP contribution in [0.25, 0.3) is 0 Å². The molecule has 0 atom stereocenters. The molecular weight excluding hydrogens is 252 g/mol. The number of rotatable bonds is 5. The van der Waals surface area contributed by atoms with Crippen molar-refractivity contribution in [1.82, 2.24) is 14.8 Å². The Balaban J connectivity index is 1.94. The lowest BCUT2D eigenvalue weighted by Crippen LogP contribution is -2.02. The molecule has 0 fully saturated rings. The average molecular weight is 266 g/mol. The molecule has 0 saturated heterocycles. The van der Waals surface area contributed by atoms with Gasteiger partial charge in [-0.3, -0.25) is 9.48 Å². The first-order valence-corrected chi connectivity index (χ1v) is 6.33. The number of ether oxygens (including phenoxy) is 1. The van der Waals surface area contributed by atoms with Gasteiger partial charge in [0, 0.05) is 24.9 Å². The molecule has 0 bridgehead atoms. The summed E-state index contributed by atoms with van der Waals surface area (Å²) in [6.45, 7) is 0. The maximum Gasteiger partial charge on any atom is 0.305 e. The summed E-state index contributed by atoms with van der Waals surface area (Å²) in [7, 11) is 3.24. The van der Waals surface area contributed by atoms with Crippen LogP contribution < -0.4 is 5.32 Å². The molecule has 0 saturated carbocycles. The SMILES string of the molecule is COC(=O)CCc1csc(Nc2ccnn2C)n1. The fourth-order valence-electron chi connectivity index (χ4n) is 1.42. The Hall–Kier alpha value is -1.89. The molecule has 2 heterocycles. The van der Waals surface area contributed by atoms with Crippen LogP contribution >= 0.6 is 11.3 Å². The smallest absolute Gasteiger partial charge is 0.305 e. The van der Waals surface area contributed by atoms with Crippen LogP contribution in [0.15, 0.2) is 17.6 Å². The zero-order valence-electron chi connectivity index (χ0n) is 10.2. The predicted molar refractivity (Wildman–Crippen MR) is 68.9 cm³/mol. The fraction of sp³-hybridized carbons (Fsp3) is 0.364. The minimum Gasteiger partial charge on any atom is -0.469 e. The van der Waals surface area contributed by atoms with Crippen molar-refractivity contribution in [3.63, 3.8) is 0 Å². The van der Waals surface area contributed by atoms with Gasteiger partial charge in [-0.15, -0.1) is 11.3 Å². The molecule has 0 radical (unpaired) electrons. The van der Waals surface area contributed by atoms with Gasteiger partial charge < -0.3 is 10.1 Å². The first kappa shape index (κ1) is 12.6. The number of nitrogens with zero attached hydrogens (tertiary/aromatic N) is 3. The van der Waals surface area contributed by atoms with Gasteiger partial charge in [0.2, 0.25) is 0 Å². The number of thiazole rings is 1. The van der Waals surface area contributed by atoms with E-state index in [1.54, 1.807) is 10.9 Å². The van der Waals surface area contributed by atoms with E-state index < -0.39 is 0 Å². The van der Waals surface area contributed by atoms with Gasteiger partial charge in [0.05, 0.1) is 25.4 Å². The molecule has 2 aromatic heterocycles. The van der Waals surface area contributed by atoms with Crippen LogP contribution in [0.5, 0.6) is 0 Å². The molecule has 7 heteroatoms. The van der Waals surface area contributed by atoms with Gasteiger partial charge >= 0.3 is 5.97 Å². The van der Waals surface area contributed by atoms with E-state index in [-0.39, 0.29) is 5.97 Å². The normalized spacial score (nSPS) is 10.3. The summed E-state index contributed by atoms with van der Waals surface area (Å²) in [6, 6.07) is 1.87. The van der Waals surface area contributed by atoms with E-state index in [1.165, 1.54) is 18.4 Å². The molecule has 0 aliphatic rings. The van der Waals surface area contributed by atoms with Crippen molar-refractivity contribution in [1.29, 1.82) is 0 Å². The van der Waals surface area contributed by atoms with Crippen molar-refractivity contribution in [2.75, 3.05) is 12.4 Å². The summed E-state index contributed by atoms with van der Waals surface area (Å²) >= 11 is 1.50. The first-order chi connectivity index (χ1) is 8.69. The number of esters is 1. The summed E-state index contributed by atoms with van der Waals surface area (Å²) < 4.78 is 6.32. The van der Waals surface area contributed by atoms with E-state index in [4.69, 9.17) is 0 Å². The number of aromatic nitrogens is 3. The van der Waals surface area contributed by atoms with E-state index in [0.29, 0.717) is 12.8 Å². The van der Waals surface area contributed by atoms with E-state index in [9.17, 15) is 4.79 Å². The summed E-state index contributed by atoms with van der Waals surface area (Å²) in [5.41, 5.74) is 0.884. The Morgan fingerprint density at radius 1 is 1.61 bits per heavy atom. The van der Waals surface area contributed by atoms with Crippen molar-refractivity contribution in [3.8, 4) is 0 Å². The maximum atomic E-state index is 11.0. The molecular formula is C11H14N4O2S. The summed E-state index contributed by atoms with van der Waals surface area (Å²) in [4.78, 5) is 15.4. The summed E-state index contributed by atoms with van der Waals surface area (Å²) in [5.74, 6) is 0.660. The van der Waals surface area contributed by atoms with Gasteiger partial charge in [-0.05, 0) is 0 Å². The highest BCUT2D eigenvalue weighted by Gasteiger charge is 2.07. The third kappa shape index (κ3) is 3.07. The first-order valence-electron chi connectivity index (χ1n) is 5.45. The van der Waals surface area contributed by atoms with Gasteiger partial charge in [0.25, 0.3) is 0 Å².